The number of hydrogen-bond donors (Lipinski definition) is 1. The van der Waals surface area contributed by atoms with Crippen LogP contribution < -0.4 is 0 Å². The highest BCUT2D eigenvalue weighted by atomic mass is 15.1. The van der Waals surface area contributed by atoms with Crippen LogP contribution in [0, 0.1) is 13.8 Å². The lowest BCUT2D eigenvalue weighted by molar-refractivity contribution is 0.269. The molecular weight excluding hydrogens is 340 g/mol. The summed E-state index contributed by atoms with van der Waals surface area (Å²) in [5.41, 5.74) is 8.07. The zero-order valence-corrected chi connectivity index (χ0v) is 17.3. The molecule has 0 radical (unpaired) electrons. The van der Waals surface area contributed by atoms with Crippen LogP contribution in [0.25, 0.3) is 21.8 Å². The monoisotopic (exact) mass is 370 g/mol. The number of rotatable bonds is 7. The number of H-pyrrole nitrogens is 1. The molecule has 2 nitrogen and oxygen atoms in total. The number of nitrogens with zero attached hydrogens (tertiary/aromatic N) is 1. The summed E-state index contributed by atoms with van der Waals surface area (Å²) in [6.45, 7) is 9.93. The maximum atomic E-state index is 3.67. The van der Waals surface area contributed by atoms with E-state index in [1.165, 1.54) is 50.5 Å². The van der Waals surface area contributed by atoms with Crippen molar-refractivity contribution < 1.29 is 0 Å². The lowest BCUT2D eigenvalue weighted by Crippen LogP contribution is -2.26. The van der Waals surface area contributed by atoms with Crippen LogP contribution in [0.2, 0.25) is 0 Å². The van der Waals surface area contributed by atoms with E-state index in [1.54, 1.807) is 0 Å². The summed E-state index contributed by atoms with van der Waals surface area (Å²) in [6, 6.07) is 22.0. The molecule has 0 saturated heterocycles. The Kier molecular flexibility index (Phi) is 5.50. The molecule has 28 heavy (non-hydrogen) atoms. The average Bonchev–Trinajstić information content (AvgIpc) is 3.11. The van der Waals surface area contributed by atoms with E-state index in [0.29, 0.717) is 0 Å². The Hall–Kier alpha value is -2.58. The van der Waals surface area contributed by atoms with E-state index in [0.717, 1.165) is 26.1 Å². The van der Waals surface area contributed by atoms with E-state index in [2.05, 4.69) is 91.3 Å². The van der Waals surface area contributed by atoms with Gasteiger partial charge in [0.05, 0.1) is 0 Å². The van der Waals surface area contributed by atoms with Gasteiger partial charge in [-0.25, -0.2) is 0 Å². The van der Waals surface area contributed by atoms with Gasteiger partial charge in [-0.3, -0.25) is 4.90 Å². The molecule has 0 fully saturated rings. The van der Waals surface area contributed by atoms with Crippen LogP contribution in [0.1, 0.15) is 35.6 Å². The van der Waals surface area contributed by atoms with E-state index in [9.17, 15) is 0 Å². The number of nitrogens with one attached hydrogen (secondary N) is 1. The van der Waals surface area contributed by atoms with Crippen molar-refractivity contribution in [2.45, 2.75) is 40.2 Å². The minimum absolute atomic E-state index is 1.02. The molecule has 0 atom stereocenters. The van der Waals surface area contributed by atoms with Gasteiger partial charge in [-0.15, -0.1) is 0 Å². The summed E-state index contributed by atoms with van der Waals surface area (Å²) >= 11 is 0. The second-order valence-electron chi connectivity index (χ2n) is 7.93. The number of fused-ring (bicyclic) bond motifs is 3. The Morgan fingerprint density at radius 2 is 1.57 bits per heavy atom. The summed E-state index contributed by atoms with van der Waals surface area (Å²) in [7, 11) is 0. The van der Waals surface area contributed by atoms with Crippen molar-refractivity contribution in [2.24, 2.45) is 0 Å². The SMILES string of the molecule is CCCN(CCc1cccc2[nH]c3c(C)ccc(C)c3c12)Cc1ccccc1. The first kappa shape index (κ1) is 18.8. The molecule has 3 aromatic carbocycles. The zero-order valence-electron chi connectivity index (χ0n) is 17.3. The molecule has 1 aromatic heterocycles. The molecule has 144 valence electrons. The molecule has 4 aromatic rings. The van der Waals surface area contributed by atoms with Gasteiger partial charge in [-0.2, -0.15) is 0 Å². The summed E-state index contributed by atoms with van der Waals surface area (Å²) in [4.78, 5) is 6.25. The van der Waals surface area contributed by atoms with E-state index >= 15 is 0 Å². The summed E-state index contributed by atoms with van der Waals surface area (Å²) < 4.78 is 0. The molecule has 0 aliphatic carbocycles. The molecule has 1 N–H and O–H groups in total. The highest BCUT2D eigenvalue weighted by molar-refractivity contribution is 6.11. The third-order valence-electron chi connectivity index (χ3n) is 5.77. The third kappa shape index (κ3) is 3.70. The number of benzene rings is 3. The quantitative estimate of drug-likeness (QED) is 0.399. The van der Waals surface area contributed by atoms with Gasteiger partial charge in [0.2, 0.25) is 0 Å². The van der Waals surface area contributed by atoms with Crippen LogP contribution >= 0.6 is 0 Å². The maximum Gasteiger partial charge on any atom is 0.0497 e. The van der Waals surface area contributed by atoms with Gasteiger partial charge in [0, 0.05) is 34.9 Å². The predicted octanol–water partition coefficient (Wildman–Crippen LogP) is 6.39. The summed E-state index contributed by atoms with van der Waals surface area (Å²) in [5.74, 6) is 0. The van der Waals surface area contributed by atoms with Crippen molar-refractivity contribution in [1.82, 2.24) is 9.88 Å². The minimum atomic E-state index is 1.02. The van der Waals surface area contributed by atoms with Gasteiger partial charge < -0.3 is 4.98 Å². The topological polar surface area (TPSA) is 19.0 Å². The Morgan fingerprint density at radius 1 is 0.786 bits per heavy atom. The lowest BCUT2D eigenvalue weighted by Gasteiger charge is -2.22. The molecule has 0 saturated carbocycles. The largest absolute Gasteiger partial charge is 0.354 e. The number of aromatic amines is 1. The van der Waals surface area contributed by atoms with Gasteiger partial charge in [0.1, 0.15) is 0 Å². The second kappa shape index (κ2) is 8.20. The zero-order chi connectivity index (χ0) is 19.5. The fraction of sp³-hybridized carbons (Fsp3) is 0.308. The molecule has 1 heterocycles. The number of hydrogen-bond acceptors (Lipinski definition) is 1. The second-order valence-corrected chi connectivity index (χ2v) is 7.93. The van der Waals surface area contributed by atoms with Gasteiger partial charge in [-0.1, -0.05) is 61.5 Å². The average molecular weight is 371 g/mol. The van der Waals surface area contributed by atoms with E-state index in [1.807, 2.05) is 0 Å². The molecular formula is C26H30N2. The van der Waals surface area contributed by atoms with Crippen LogP contribution in [0.3, 0.4) is 0 Å². The molecule has 0 bridgehead atoms. The van der Waals surface area contributed by atoms with Crippen LogP contribution in [-0.4, -0.2) is 23.0 Å². The fourth-order valence-electron chi connectivity index (χ4n) is 4.34. The van der Waals surface area contributed by atoms with Gasteiger partial charge >= 0.3 is 0 Å². The van der Waals surface area contributed by atoms with Gasteiger partial charge in [0.25, 0.3) is 0 Å². The predicted molar refractivity (Wildman–Crippen MR) is 121 cm³/mol. The molecule has 0 unspecified atom stereocenters. The highest BCUT2D eigenvalue weighted by Gasteiger charge is 2.13. The van der Waals surface area contributed by atoms with Crippen molar-refractivity contribution in [3.63, 3.8) is 0 Å². The lowest BCUT2D eigenvalue weighted by atomic mass is 9.99. The van der Waals surface area contributed by atoms with E-state index in [-0.39, 0.29) is 0 Å². The van der Waals surface area contributed by atoms with E-state index < -0.39 is 0 Å². The molecule has 0 amide bonds. The third-order valence-corrected chi connectivity index (χ3v) is 5.77. The first-order valence-electron chi connectivity index (χ1n) is 10.4. The summed E-state index contributed by atoms with van der Waals surface area (Å²) in [6.07, 6.45) is 2.26. The number of aromatic nitrogens is 1. The van der Waals surface area contributed by atoms with Crippen LogP contribution in [0.5, 0.6) is 0 Å². The Balaban J connectivity index is 1.64. The molecule has 0 aliphatic heterocycles. The molecule has 2 heteroatoms. The first-order chi connectivity index (χ1) is 13.7. The molecule has 0 spiro atoms. The van der Waals surface area contributed by atoms with Crippen molar-refractivity contribution in [3.8, 4) is 0 Å². The van der Waals surface area contributed by atoms with Crippen molar-refractivity contribution in [1.29, 1.82) is 0 Å². The van der Waals surface area contributed by atoms with Crippen molar-refractivity contribution in [2.75, 3.05) is 13.1 Å². The fourth-order valence-corrected chi connectivity index (χ4v) is 4.34. The van der Waals surface area contributed by atoms with Crippen LogP contribution in [0.4, 0.5) is 0 Å². The molecule has 4 rings (SSSR count). The van der Waals surface area contributed by atoms with Gasteiger partial charge in [0.15, 0.2) is 0 Å². The Labute approximate surface area is 168 Å². The van der Waals surface area contributed by atoms with Crippen molar-refractivity contribution in [3.05, 3.63) is 82.9 Å². The van der Waals surface area contributed by atoms with Gasteiger partial charge in [-0.05, 0) is 61.6 Å². The van der Waals surface area contributed by atoms with E-state index in [4.69, 9.17) is 0 Å². The smallest absolute Gasteiger partial charge is 0.0497 e. The highest BCUT2D eigenvalue weighted by Crippen LogP contribution is 2.33. The summed E-state index contributed by atoms with van der Waals surface area (Å²) in [5, 5.41) is 2.81. The van der Waals surface area contributed by atoms with Crippen molar-refractivity contribution >= 4 is 21.8 Å². The standard InChI is InChI=1S/C26H30N2/c1-4-16-28(18-21-9-6-5-7-10-21)17-15-22-11-8-12-23-25(22)24-19(2)13-14-20(3)26(24)27-23/h5-14,27H,4,15-18H2,1-3H3. The molecule has 0 aliphatic rings. The van der Waals surface area contributed by atoms with Crippen LogP contribution in [-0.2, 0) is 13.0 Å². The normalized spacial score (nSPS) is 11.7. The first-order valence-corrected chi connectivity index (χ1v) is 10.4. The Bertz CT molecular complexity index is 1080. The Morgan fingerprint density at radius 3 is 2.36 bits per heavy atom. The maximum absolute atomic E-state index is 3.67. The minimum Gasteiger partial charge on any atom is -0.354 e. The number of aryl methyl sites for hydroxylation is 2. The van der Waals surface area contributed by atoms with Crippen LogP contribution in [0.15, 0.2) is 60.7 Å².